The molecule has 0 unspecified atom stereocenters. The highest BCUT2D eigenvalue weighted by atomic mass is 16.6. The second-order valence-corrected chi connectivity index (χ2v) is 7.44. The van der Waals surface area contributed by atoms with Crippen molar-refractivity contribution >= 4 is 17.5 Å². The third-order valence-corrected chi connectivity index (χ3v) is 5.30. The summed E-state index contributed by atoms with van der Waals surface area (Å²) in [5.74, 6) is 1.73. The molecule has 4 rings (SSSR count). The summed E-state index contributed by atoms with van der Waals surface area (Å²) in [6, 6.07) is 14.7. The van der Waals surface area contributed by atoms with Gasteiger partial charge in [0.1, 0.15) is 12.4 Å². The largest absolute Gasteiger partial charge is 0.492 e. The molecular formula is C23H27N3O5. The summed E-state index contributed by atoms with van der Waals surface area (Å²) >= 11 is 0. The lowest BCUT2D eigenvalue weighted by molar-refractivity contribution is -0.143. The predicted octanol–water partition coefficient (Wildman–Crippen LogP) is 2.01. The van der Waals surface area contributed by atoms with Crippen LogP contribution >= 0.6 is 0 Å². The van der Waals surface area contributed by atoms with Crippen molar-refractivity contribution in [3.8, 4) is 17.2 Å². The van der Waals surface area contributed by atoms with Crippen LogP contribution in [0.25, 0.3) is 0 Å². The summed E-state index contributed by atoms with van der Waals surface area (Å²) < 4.78 is 17.0. The molecule has 1 N–H and O–H groups in total. The van der Waals surface area contributed by atoms with Gasteiger partial charge in [0.2, 0.25) is 12.0 Å². The van der Waals surface area contributed by atoms with Crippen molar-refractivity contribution in [2.45, 2.75) is 13.0 Å². The summed E-state index contributed by atoms with van der Waals surface area (Å²) in [5, 5.41) is 2.92. The maximum atomic E-state index is 12.8. The predicted molar refractivity (Wildman–Crippen MR) is 116 cm³/mol. The topological polar surface area (TPSA) is 80.3 Å². The molecule has 164 valence electrons. The van der Waals surface area contributed by atoms with Crippen molar-refractivity contribution in [2.75, 3.05) is 51.3 Å². The first-order chi connectivity index (χ1) is 15.1. The molecule has 1 atom stereocenters. The summed E-state index contributed by atoms with van der Waals surface area (Å²) in [5.41, 5.74) is 0.665. The van der Waals surface area contributed by atoms with Gasteiger partial charge in [-0.05, 0) is 31.2 Å². The first-order valence-corrected chi connectivity index (χ1v) is 10.6. The van der Waals surface area contributed by atoms with Gasteiger partial charge in [0.25, 0.3) is 5.91 Å². The van der Waals surface area contributed by atoms with Crippen LogP contribution in [-0.2, 0) is 9.59 Å². The van der Waals surface area contributed by atoms with Crippen molar-refractivity contribution in [3.63, 3.8) is 0 Å². The Balaban J connectivity index is 1.25. The van der Waals surface area contributed by atoms with Crippen LogP contribution in [0.15, 0.2) is 48.5 Å². The van der Waals surface area contributed by atoms with E-state index in [4.69, 9.17) is 14.2 Å². The maximum absolute atomic E-state index is 12.8. The fraction of sp³-hybridized carbons (Fsp3) is 0.391. The van der Waals surface area contributed by atoms with E-state index in [-0.39, 0.29) is 25.0 Å². The molecule has 1 fully saturated rings. The van der Waals surface area contributed by atoms with E-state index in [1.165, 1.54) is 0 Å². The Labute approximate surface area is 181 Å². The van der Waals surface area contributed by atoms with E-state index in [1.54, 1.807) is 11.0 Å². The molecule has 0 saturated carbocycles. The minimum atomic E-state index is -0.639. The standard InChI is InChI=1S/C23H27N3O5/c1-2-29-18-8-4-3-7-17(18)24-22(27)15-25-11-13-26(14-12-25)23(28)21-16-30-19-9-5-6-10-20(19)31-21/h3-10,21H,2,11-16H2,1H3,(H,24,27)/t21-/m0/s1. The molecule has 2 amide bonds. The number of rotatable bonds is 6. The molecule has 2 aromatic rings. The lowest BCUT2D eigenvalue weighted by atomic mass is 10.2. The number of carbonyl (C=O) groups excluding carboxylic acids is 2. The first kappa shape index (κ1) is 21.0. The fourth-order valence-electron chi connectivity index (χ4n) is 3.72. The molecule has 8 heteroatoms. The Hall–Kier alpha value is -3.26. The molecule has 0 radical (unpaired) electrons. The average molecular weight is 425 g/mol. The van der Waals surface area contributed by atoms with Gasteiger partial charge in [-0.15, -0.1) is 0 Å². The Bertz CT molecular complexity index is 927. The smallest absolute Gasteiger partial charge is 0.267 e. The zero-order chi connectivity index (χ0) is 21.6. The van der Waals surface area contributed by atoms with Crippen LogP contribution in [0.2, 0.25) is 0 Å². The number of ether oxygens (including phenoxy) is 3. The van der Waals surface area contributed by atoms with Crippen molar-refractivity contribution in [3.05, 3.63) is 48.5 Å². The molecule has 1 saturated heterocycles. The van der Waals surface area contributed by atoms with Gasteiger partial charge in [0, 0.05) is 26.2 Å². The number of piperazine rings is 1. The van der Waals surface area contributed by atoms with Crippen LogP contribution in [0.4, 0.5) is 5.69 Å². The van der Waals surface area contributed by atoms with Gasteiger partial charge in [-0.25, -0.2) is 0 Å². The lowest BCUT2D eigenvalue weighted by Crippen LogP contribution is -2.54. The van der Waals surface area contributed by atoms with Gasteiger partial charge in [0.05, 0.1) is 18.8 Å². The minimum Gasteiger partial charge on any atom is -0.492 e. The third kappa shape index (κ3) is 5.08. The van der Waals surface area contributed by atoms with Crippen LogP contribution < -0.4 is 19.5 Å². The highest BCUT2D eigenvalue weighted by Gasteiger charge is 2.32. The SMILES string of the molecule is CCOc1ccccc1NC(=O)CN1CCN(C(=O)[C@@H]2COc3ccccc3O2)CC1. The van der Waals surface area contributed by atoms with E-state index in [0.717, 1.165) is 0 Å². The van der Waals surface area contributed by atoms with Gasteiger partial charge in [-0.2, -0.15) is 0 Å². The maximum Gasteiger partial charge on any atom is 0.267 e. The molecular weight excluding hydrogens is 398 g/mol. The van der Waals surface area contributed by atoms with Gasteiger partial charge in [-0.1, -0.05) is 24.3 Å². The molecule has 0 aliphatic carbocycles. The molecule has 2 aliphatic heterocycles. The molecule has 0 bridgehead atoms. The van der Waals surface area contributed by atoms with Crippen molar-refractivity contribution in [1.29, 1.82) is 0 Å². The number of fused-ring (bicyclic) bond motifs is 1. The quantitative estimate of drug-likeness (QED) is 0.763. The number of benzene rings is 2. The van der Waals surface area contributed by atoms with Crippen LogP contribution in [-0.4, -0.2) is 73.7 Å². The van der Waals surface area contributed by atoms with E-state index >= 15 is 0 Å². The highest BCUT2D eigenvalue weighted by molar-refractivity contribution is 5.93. The number of nitrogens with one attached hydrogen (secondary N) is 1. The first-order valence-electron chi connectivity index (χ1n) is 10.6. The normalized spacial score (nSPS) is 18.4. The number of hydrogen-bond donors (Lipinski definition) is 1. The van der Waals surface area contributed by atoms with E-state index in [1.807, 2.05) is 54.3 Å². The minimum absolute atomic E-state index is 0.0794. The summed E-state index contributed by atoms with van der Waals surface area (Å²) in [4.78, 5) is 29.1. The number of hydrogen-bond acceptors (Lipinski definition) is 6. The second kappa shape index (κ2) is 9.70. The van der Waals surface area contributed by atoms with Gasteiger partial charge in [-0.3, -0.25) is 14.5 Å². The van der Waals surface area contributed by atoms with Crippen LogP contribution in [0.5, 0.6) is 17.2 Å². The summed E-state index contributed by atoms with van der Waals surface area (Å²) in [6.45, 7) is 5.24. The van der Waals surface area contributed by atoms with Gasteiger partial charge < -0.3 is 24.4 Å². The Morgan fingerprint density at radius 3 is 2.52 bits per heavy atom. The second-order valence-electron chi connectivity index (χ2n) is 7.44. The molecule has 0 aromatic heterocycles. The molecule has 2 heterocycles. The van der Waals surface area contributed by atoms with E-state index in [0.29, 0.717) is 55.7 Å². The number of para-hydroxylation sites is 4. The fourth-order valence-corrected chi connectivity index (χ4v) is 3.72. The van der Waals surface area contributed by atoms with Crippen LogP contribution in [0.1, 0.15) is 6.92 Å². The van der Waals surface area contributed by atoms with Crippen molar-refractivity contribution in [2.24, 2.45) is 0 Å². The molecule has 31 heavy (non-hydrogen) atoms. The zero-order valence-electron chi connectivity index (χ0n) is 17.6. The lowest BCUT2D eigenvalue weighted by Gasteiger charge is -2.36. The van der Waals surface area contributed by atoms with Crippen molar-refractivity contribution < 1.29 is 23.8 Å². The Morgan fingerprint density at radius 2 is 1.74 bits per heavy atom. The zero-order valence-corrected chi connectivity index (χ0v) is 17.6. The summed E-state index contributed by atoms with van der Waals surface area (Å²) in [7, 11) is 0. The van der Waals surface area contributed by atoms with Crippen LogP contribution in [0.3, 0.4) is 0 Å². The Kier molecular flexibility index (Phi) is 6.57. The molecule has 2 aromatic carbocycles. The third-order valence-electron chi connectivity index (χ3n) is 5.30. The summed E-state index contributed by atoms with van der Waals surface area (Å²) in [6.07, 6.45) is -0.639. The molecule has 8 nitrogen and oxygen atoms in total. The number of carbonyl (C=O) groups is 2. The van der Waals surface area contributed by atoms with E-state index < -0.39 is 6.10 Å². The molecule has 2 aliphatic rings. The Morgan fingerprint density at radius 1 is 1.03 bits per heavy atom. The highest BCUT2D eigenvalue weighted by Crippen LogP contribution is 2.31. The van der Waals surface area contributed by atoms with Gasteiger partial charge >= 0.3 is 0 Å². The monoisotopic (exact) mass is 425 g/mol. The number of nitrogens with zero attached hydrogens (tertiary/aromatic N) is 2. The van der Waals surface area contributed by atoms with Gasteiger partial charge in [0.15, 0.2) is 11.5 Å². The molecule has 0 spiro atoms. The van der Waals surface area contributed by atoms with E-state index in [2.05, 4.69) is 5.32 Å². The average Bonchev–Trinajstić information content (AvgIpc) is 2.80. The van der Waals surface area contributed by atoms with Crippen LogP contribution in [0, 0.1) is 0 Å². The number of anilines is 1. The number of amides is 2. The van der Waals surface area contributed by atoms with E-state index in [9.17, 15) is 9.59 Å². The van der Waals surface area contributed by atoms with Crippen molar-refractivity contribution in [1.82, 2.24) is 9.80 Å².